The first-order valence-electron chi connectivity index (χ1n) is 44.9. The molecule has 0 aromatic heterocycles. The molecule has 14 heteroatoms. The summed E-state index contributed by atoms with van der Waals surface area (Å²) in [5, 5.41) is 87.8. The van der Waals surface area contributed by atoms with Gasteiger partial charge in [-0.25, -0.2) is 0 Å². The molecule has 2 fully saturated rings. The first kappa shape index (κ1) is 96.8. The molecule has 606 valence electrons. The molecule has 0 aromatic rings. The van der Waals surface area contributed by atoms with Gasteiger partial charge in [0, 0.05) is 6.42 Å². The van der Waals surface area contributed by atoms with E-state index < -0.39 is 86.8 Å². The molecule has 2 aliphatic rings. The highest BCUT2D eigenvalue weighted by molar-refractivity contribution is 5.76. The van der Waals surface area contributed by atoms with Crippen LogP contribution in [0.2, 0.25) is 0 Å². The van der Waals surface area contributed by atoms with Crippen LogP contribution in [-0.2, 0) is 23.7 Å². The van der Waals surface area contributed by atoms with Gasteiger partial charge in [-0.2, -0.15) is 0 Å². The van der Waals surface area contributed by atoms with E-state index >= 15 is 0 Å². The average molecular weight is 1450 g/mol. The van der Waals surface area contributed by atoms with Gasteiger partial charge in [0.25, 0.3) is 0 Å². The average Bonchev–Trinajstić information content (AvgIpc) is 0.790. The van der Waals surface area contributed by atoms with Crippen LogP contribution in [0.5, 0.6) is 0 Å². The molecule has 0 aliphatic carbocycles. The van der Waals surface area contributed by atoms with E-state index in [0.717, 1.165) is 44.9 Å². The summed E-state index contributed by atoms with van der Waals surface area (Å²) in [6.45, 7) is 2.89. The Morgan fingerprint density at radius 3 is 0.902 bits per heavy atom. The van der Waals surface area contributed by atoms with E-state index in [-0.39, 0.29) is 18.9 Å². The lowest BCUT2D eigenvalue weighted by Crippen LogP contribution is -2.65. The van der Waals surface area contributed by atoms with Crippen LogP contribution >= 0.6 is 0 Å². The SMILES string of the molecule is CCCCCCCCCCCCCCCCCCCCCCCCCCCC/C=C/C(O)C(COC1OC(CO)C(OC2OC(CO)C(O)C(O)C2O)C(O)C1O)NC(=O)CCCCCCCCCCCCCCCCCCCCCCCCCCCCCCCCCCCCCCCCCC. The molecular formula is C88H171NO13. The van der Waals surface area contributed by atoms with Crippen LogP contribution in [0.15, 0.2) is 12.2 Å². The van der Waals surface area contributed by atoms with Crippen LogP contribution in [0, 0.1) is 0 Å². The van der Waals surface area contributed by atoms with Crippen LogP contribution in [-0.4, -0.2) is 140 Å². The summed E-state index contributed by atoms with van der Waals surface area (Å²) in [5.41, 5.74) is 0. The molecular weight excluding hydrogens is 1280 g/mol. The monoisotopic (exact) mass is 1450 g/mol. The third-order valence-electron chi connectivity index (χ3n) is 22.5. The zero-order chi connectivity index (χ0) is 73.7. The Bertz CT molecular complexity index is 1760. The van der Waals surface area contributed by atoms with Crippen molar-refractivity contribution < 1.29 is 64.6 Å². The third kappa shape index (κ3) is 54.3. The van der Waals surface area contributed by atoms with E-state index in [1.54, 1.807) is 6.08 Å². The summed E-state index contributed by atoms with van der Waals surface area (Å²) >= 11 is 0. The first-order chi connectivity index (χ1) is 50.1. The maximum Gasteiger partial charge on any atom is 0.220 e. The molecule has 14 nitrogen and oxygen atoms in total. The molecule has 0 bridgehead atoms. The van der Waals surface area contributed by atoms with Crippen molar-refractivity contribution in [2.75, 3.05) is 19.8 Å². The van der Waals surface area contributed by atoms with Crippen LogP contribution in [0.3, 0.4) is 0 Å². The normalized spacial score (nSPS) is 21.6. The third-order valence-corrected chi connectivity index (χ3v) is 22.5. The van der Waals surface area contributed by atoms with Crippen molar-refractivity contribution in [1.29, 1.82) is 0 Å². The summed E-state index contributed by atoms with van der Waals surface area (Å²) in [4.78, 5) is 13.4. The lowest BCUT2D eigenvalue weighted by Gasteiger charge is -2.46. The molecule has 2 aliphatic heterocycles. The van der Waals surface area contributed by atoms with Gasteiger partial charge in [-0.3, -0.25) is 4.79 Å². The van der Waals surface area contributed by atoms with E-state index in [9.17, 15) is 45.6 Å². The fourth-order valence-electron chi connectivity index (χ4n) is 15.4. The van der Waals surface area contributed by atoms with Gasteiger partial charge in [0.1, 0.15) is 48.8 Å². The highest BCUT2D eigenvalue weighted by Gasteiger charge is 2.51. The summed E-state index contributed by atoms with van der Waals surface area (Å²) in [6.07, 6.45) is 77.7. The summed E-state index contributed by atoms with van der Waals surface area (Å²) in [5.74, 6) is -0.227. The second kappa shape index (κ2) is 72.6. The standard InChI is InChI=1S/C88H171NO13/c1-3-5-7-9-11-13-15-17-19-21-23-25-27-29-31-33-34-35-36-37-38-39-40-41-42-43-44-46-48-50-52-54-56-58-60-62-64-66-68-70-72-80(93)89-76(75-99-87-85(98)83(96)86(79(74-91)101-87)102-88-84(97)82(95)81(94)78(73-90)100-88)77(92)71-69-67-65-63-61-59-57-55-53-51-49-47-45-32-30-28-26-24-22-20-18-16-14-12-10-8-6-4-2/h69,71,76-79,81-88,90-92,94-98H,3-68,70,72-75H2,1-2H3,(H,89,93)/b71-69+. The van der Waals surface area contributed by atoms with Crippen molar-refractivity contribution in [3.63, 3.8) is 0 Å². The van der Waals surface area contributed by atoms with Gasteiger partial charge in [-0.15, -0.1) is 0 Å². The maximum atomic E-state index is 13.4. The minimum atomic E-state index is -1.79. The van der Waals surface area contributed by atoms with E-state index in [0.29, 0.717) is 0 Å². The van der Waals surface area contributed by atoms with E-state index in [4.69, 9.17) is 18.9 Å². The number of allylic oxidation sites excluding steroid dienone is 1. The molecule has 0 saturated carbocycles. The second-order valence-electron chi connectivity index (χ2n) is 32.1. The van der Waals surface area contributed by atoms with Crippen molar-refractivity contribution in [3.8, 4) is 0 Å². The molecule has 2 saturated heterocycles. The predicted molar refractivity (Wildman–Crippen MR) is 425 cm³/mol. The molecule has 12 atom stereocenters. The number of carbonyl (C=O) groups is 1. The fraction of sp³-hybridized carbons (Fsp3) is 0.966. The van der Waals surface area contributed by atoms with Crippen molar-refractivity contribution in [3.05, 3.63) is 12.2 Å². The van der Waals surface area contributed by atoms with Gasteiger partial charge in [0.05, 0.1) is 32.0 Å². The molecule has 9 N–H and O–H groups in total. The van der Waals surface area contributed by atoms with E-state index in [1.807, 2.05) is 6.08 Å². The Morgan fingerprint density at radius 2 is 0.608 bits per heavy atom. The zero-order valence-corrected chi connectivity index (χ0v) is 66.9. The van der Waals surface area contributed by atoms with Crippen LogP contribution in [0.4, 0.5) is 0 Å². The Hall–Kier alpha value is -1.27. The van der Waals surface area contributed by atoms with E-state index in [2.05, 4.69) is 19.2 Å². The summed E-state index contributed by atoms with van der Waals surface area (Å²) in [6, 6.07) is -0.913. The summed E-state index contributed by atoms with van der Waals surface area (Å²) in [7, 11) is 0. The Balaban J connectivity index is 1.54. The topological polar surface area (TPSA) is 228 Å². The molecule has 0 aromatic carbocycles. The Labute approximate surface area is 628 Å². The van der Waals surface area contributed by atoms with Crippen LogP contribution in [0.25, 0.3) is 0 Å². The van der Waals surface area contributed by atoms with Crippen molar-refractivity contribution in [2.45, 2.75) is 524 Å². The number of unbranched alkanes of at least 4 members (excludes halogenated alkanes) is 65. The largest absolute Gasteiger partial charge is 0.394 e. The van der Waals surface area contributed by atoms with Gasteiger partial charge in [-0.05, 0) is 19.3 Å². The molecule has 12 unspecified atom stereocenters. The molecule has 2 rings (SSSR count). The minimum Gasteiger partial charge on any atom is -0.394 e. The van der Waals surface area contributed by atoms with Crippen LogP contribution < -0.4 is 5.32 Å². The predicted octanol–water partition coefficient (Wildman–Crippen LogP) is 21.6. The Morgan fingerprint density at radius 1 is 0.343 bits per heavy atom. The first-order valence-corrected chi connectivity index (χ1v) is 44.9. The van der Waals surface area contributed by atoms with Crippen LogP contribution in [0.1, 0.15) is 450 Å². The second-order valence-corrected chi connectivity index (χ2v) is 32.1. The summed E-state index contributed by atoms with van der Waals surface area (Å²) < 4.78 is 23.0. The maximum absolute atomic E-state index is 13.4. The number of amides is 1. The highest BCUT2D eigenvalue weighted by Crippen LogP contribution is 2.31. The number of carbonyl (C=O) groups excluding carboxylic acids is 1. The number of hydrogen-bond acceptors (Lipinski definition) is 13. The molecule has 102 heavy (non-hydrogen) atoms. The van der Waals surface area contributed by atoms with Crippen molar-refractivity contribution in [1.82, 2.24) is 5.32 Å². The van der Waals surface area contributed by atoms with Gasteiger partial charge in [0.15, 0.2) is 12.6 Å². The number of aliphatic hydroxyl groups is 8. The zero-order valence-electron chi connectivity index (χ0n) is 66.9. The van der Waals surface area contributed by atoms with Gasteiger partial charge in [0.2, 0.25) is 5.91 Å². The minimum absolute atomic E-state index is 0.227. The highest BCUT2D eigenvalue weighted by atomic mass is 16.7. The van der Waals surface area contributed by atoms with Gasteiger partial charge >= 0.3 is 0 Å². The number of ether oxygens (including phenoxy) is 4. The van der Waals surface area contributed by atoms with Gasteiger partial charge < -0.3 is 65.1 Å². The lowest BCUT2D eigenvalue weighted by molar-refractivity contribution is -0.359. The van der Waals surface area contributed by atoms with Gasteiger partial charge in [-0.1, -0.05) is 437 Å². The molecule has 2 heterocycles. The van der Waals surface area contributed by atoms with E-state index in [1.165, 1.54) is 385 Å². The number of hydrogen-bond donors (Lipinski definition) is 9. The Kier molecular flexibility index (Phi) is 68.9. The fourth-order valence-corrected chi connectivity index (χ4v) is 15.4. The number of rotatable bonds is 78. The molecule has 0 spiro atoms. The lowest BCUT2D eigenvalue weighted by atomic mass is 9.97. The van der Waals surface area contributed by atoms with Crippen molar-refractivity contribution in [2.24, 2.45) is 0 Å². The number of nitrogens with one attached hydrogen (secondary N) is 1. The number of aliphatic hydroxyl groups excluding tert-OH is 8. The quantitative estimate of drug-likeness (QED) is 0.0204. The molecule has 0 radical (unpaired) electrons. The van der Waals surface area contributed by atoms with Crippen molar-refractivity contribution >= 4 is 5.91 Å². The molecule has 1 amide bonds. The smallest absolute Gasteiger partial charge is 0.220 e.